The van der Waals surface area contributed by atoms with Crippen molar-refractivity contribution in [3.63, 3.8) is 0 Å². The fourth-order valence-electron chi connectivity index (χ4n) is 2.30. The Morgan fingerprint density at radius 2 is 2.04 bits per heavy atom. The van der Waals surface area contributed by atoms with Crippen LogP contribution in [0.2, 0.25) is 5.02 Å². The minimum absolute atomic E-state index is 0.127. The van der Waals surface area contributed by atoms with Gasteiger partial charge in [-0.15, -0.1) is 0 Å². The Morgan fingerprint density at radius 3 is 2.65 bits per heavy atom. The smallest absolute Gasteiger partial charge is 0.358 e. The molecule has 1 aliphatic carbocycles. The van der Waals surface area contributed by atoms with E-state index in [9.17, 15) is 4.79 Å². The molecule has 0 amide bonds. The average Bonchev–Trinajstić information content (AvgIpc) is 3.40. The van der Waals surface area contributed by atoms with Gasteiger partial charge in [0.05, 0.1) is 7.11 Å². The summed E-state index contributed by atoms with van der Waals surface area (Å²) in [6.07, 6.45) is 5.55. The molecule has 0 bridgehead atoms. The lowest BCUT2D eigenvalue weighted by molar-refractivity contribution is 0.0593. The van der Waals surface area contributed by atoms with Gasteiger partial charge in [-0.25, -0.2) is 14.8 Å². The number of nitrogens with zero attached hydrogens (tertiary/aromatic N) is 4. The van der Waals surface area contributed by atoms with E-state index in [1.807, 2.05) is 24.1 Å². The molecular weight excluding hydrogens is 316 g/mol. The van der Waals surface area contributed by atoms with Crippen molar-refractivity contribution < 1.29 is 9.53 Å². The van der Waals surface area contributed by atoms with Crippen LogP contribution in [0.4, 0.5) is 5.82 Å². The molecule has 7 heteroatoms. The van der Waals surface area contributed by atoms with Crippen molar-refractivity contribution in [3.8, 4) is 0 Å². The lowest BCUT2D eigenvalue weighted by atomic mass is 10.2. The van der Waals surface area contributed by atoms with E-state index >= 15 is 0 Å². The molecule has 2 aromatic heterocycles. The summed E-state index contributed by atoms with van der Waals surface area (Å²) in [5, 5.41) is 0.220. The van der Waals surface area contributed by atoms with Crippen molar-refractivity contribution in [2.75, 3.05) is 19.1 Å². The molecule has 0 aliphatic heterocycles. The Hall–Kier alpha value is -2.21. The normalized spacial score (nSPS) is 13.7. The van der Waals surface area contributed by atoms with E-state index in [1.165, 1.54) is 7.11 Å². The molecule has 3 rings (SSSR count). The van der Waals surface area contributed by atoms with Crippen LogP contribution in [0.5, 0.6) is 0 Å². The number of pyridine rings is 1. The molecule has 0 unspecified atom stereocenters. The summed E-state index contributed by atoms with van der Waals surface area (Å²) < 4.78 is 4.78. The standard InChI is InChI=1S/C16H17ClN4O2/c1-21(9-10-5-7-18-8-6-10)15-12(17)13(16(22)23-2)19-14(20-15)11-3-4-11/h5-8,11H,3-4,9H2,1-2H3. The summed E-state index contributed by atoms with van der Waals surface area (Å²) in [5.41, 5.74) is 1.20. The van der Waals surface area contributed by atoms with Crippen LogP contribution in [-0.2, 0) is 11.3 Å². The van der Waals surface area contributed by atoms with Gasteiger partial charge in [-0.1, -0.05) is 11.6 Å². The number of rotatable bonds is 5. The second-order valence-corrected chi connectivity index (χ2v) is 5.92. The summed E-state index contributed by atoms with van der Waals surface area (Å²) in [4.78, 5) is 26.7. The minimum Gasteiger partial charge on any atom is -0.464 e. The number of anilines is 1. The van der Waals surface area contributed by atoms with Crippen LogP contribution in [0.1, 0.15) is 40.6 Å². The maximum atomic E-state index is 11.9. The predicted octanol–water partition coefficient (Wildman–Crippen LogP) is 2.83. The van der Waals surface area contributed by atoms with Crippen molar-refractivity contribution in [2.45, 2.75) is 25.3 Å². The fourth-order valence-corrected chi connectivity index (χ4v) is 2.60. The van der Waals surface area contributed by atoms with Gasteiger partial charge in [0.1, 0.15) is 10.8 Å². The minimum atomic E-state index is -0.544. The molecule has 1 saturated carbocycles. The Labute approximate surface area is 139 Å². The van der Waals surface area contributed by atoms with E-state index in [1.54, 1.807) is 12.4 Å². The van der Waals surface area contributed by atoms with Gasteiger partial charge in [0, 0.05) is 31.9 Å². The number of aromatic nitrogens is 3. The van der Waals surface area contributed by atoms with E-state index < -0.39 is 5.97 Å². The highest BCUT2D eigenvalue weighted by molar-refractivity contribution is 6.35. The number of hydrogen-bond acceptors (Lipinski definition) is 6. The first kappa shape index (κ1) is 15.7. The molecule has 0 saturated heterocycles. The van der Waals surface area contributed by atoms with Crippen molar-refractivity contribution in [1.82, 2.24) is 15.0 Å². The summed E-state index contributed by atoms with van der Waals surface area (Å²) in [6.45, 7) is 0.601. The zero-order valence-electron chi connectivity index (χ0n) is 13.0. The summed E-state index contributed by atoms with van der Waals surface area (Å²) >= 11 is 6.36. The number of esters is 1. The average molecular weight is 333 g/mol. The van der Waals surface area contributed by atoms with Crippen LogP contribution in [0.3, 0.4) is 0 Å². The van der Waals surface area contributed by atoms with E-state index in [0.717, 1.165) is 18.4 Å². The highest BCUT2D eigenvalue weighted by Crippen LogP contribution is 2.40. The number of carbonyl (C=O) groups excluding carboxylic acids is 1. The molecule has 0 N–H and O–H groups in total. The molecule has 120 valence electrons. The van der Waals surface area contributed by atoms with Crippen molar-refractivity contribution in [2.24, 2.45) is 0 Å². The third-order valence-electron chi connectivity index (χ3n) is 3.70. The molecule has 0 radical (unpaired) electrons. The SMILES string of the molecule is COC(=O)c1nc(C2CC2)nc(N(C)Cc2ccncc2)c1Cl. The molecule has 6 nitrogen and oxygen atoms in total. The first-order valence-electron chi connectivity index (χ1n) is 7.36. The molecule has 0 spiro atoms. The van der Waals surface area contributed by atoms with E-state index in [4.69, 9.17) is 16.3 Å². The third kappa shape index (κ3) is 3.42. The van der Waals surface area contributed by atoms with Crippen LogP contribution in [-0.4, -0.2) is 35.1 Å². The van der Waals surface area contributed by atoms with Crippen LogP contribution in [0, 0.1) is 0 Å². The topological polar surface area (TPSA) is 68.2 Å². The molecule has 0 atom stereocenters. The maximum absolute atomic E-state index is 11.9. The molecule has 23 heavy (non-hydrogen) atoms. The van der Waals surface area contributed by atoms with Gasteiger partial charge in [0.2, 0.25) is 0 Å². The monoisotopic (exact) mass is 332 g/mol. The number of hydrogen-bond donors (Lipinski definition) is 0. The summed E-state index contributed by atoms with van der Waals surface area (Å²) in [6, 6.07) is 3.85. The molecular formula is C16H17ClN4O2. The molecule has 2 heterocycles. The Morgan fingerprint density at radius 1 is 1.35 bits per heavy atom. The maximum Gasteiger partial charge on any atom is 0.358 e. The highest BCUT2D eigenvalue weighted by atomic mass is 35.5. The van der Waals surface area contributed by atoms with E-state index in [0.29, 0.717) is 24.1 Å². The first-order valence-corrected chi connectivity index (χ1v) is 7.73. The van der Waals surface area contributed by atoms with Gasteiger partial charge in [-0.2, -0.15) is 0 Å². The number of methoxy groups -OCH3 is 1. The lowest BCUT2D eigenvalue weighted by Gasteiger charge is -2.21. The molecule has 2 aromatic rings. The van der Waals surface area contributed by atoms with Crippen molar-refractivity contribution in [1.29, 1.82) is 0 Å². The zero-order valence-corrected chi connectivity index (χ0v) is 13.7. The second-order valence-electron chi connectivity index (χ2n) is 5.55. The Bertz CT molecular complexity index is 720. The molecule has 1 aliphatic rings. The number of halogens is 1. The summed E-state index contributed by atoms with van der Waals surface area (Å²) in [7, 11) is 3.20. The van der Waals surface area contributed by atoms with Crippen LogP contribution in [0.25, 0.3) is 0 Å². The van der Waals surface area contributed by atoms with E-state index in [2.05, 4.69) is 15.0 Å². The zero-order chi connectivity index (χ0) is 16.4. The van der Waals surface area contributed by atoms with E-state index in [-0.39, 0.29) is 10.7 Å². The number of ether oxygens (including phenoxy) is 1. The Kier molecular flexibility index (Phi) is 4.43. The quantitative estimate of drug-likeness (QED) is 0.784. The molecule has 1 fully saturated rings. The van der Waals surface area contributed by atoms with Crippen LogP contribution >= 0.6 is 11.6 Å². The van der Waals surface area contributed by atoms with Crippen molar-refractivity contribution >= 4 is 23.4 Å². The van der Waals surface area contributed by atoms with Gasteiger partial charge in [0.15, 0.2) is 11.5 Å². The summed E-state index contributed by atoms with van der Waals surface area (Å²) in [5.74, 6) is 0.966. The largest absolute Gasteiger partial charge is 0.464 e. The highest BCUT2D eigenvalue weighted by Gasteiger charge is 2.30. The Balaban J connectivity index is 1.96. The van der Waals surface area contributed by atoms with Gasteiger partial charge >= 0.3 is 5.97 Å². The third-order valence-corrected chi connectivity index (χ3v) is 4.05. The van der Waals surface area contributed by atoms with Crippen LogP contribution in [0.15, 0.2) is 24.5 Å². The second kappa shape index (κ2) is 6.50. The number of carbonyl (C=O) groups is 1. The van der Waals surface area contributed by atoms with Gasteiger partial charge in [-0.3, -0.25) is 4.98 Å². The van der Waals surface area contributed by atoms with Crippen LogP contribution < -0.4 is 4.90 Å². The lowest BCUT2D eigenvalue weighted by Crippen LogP contribution is -2.21. The van der Waals surface area contributed by atoms with Gasteiger partial charge < -0.3 is 9.64 Å². The first-order chi connectivity index (χ1) is 11.1. The van der Waals surface area contributed by atoms with Crippen molar-refractivity contribution in [3.05, 3.63) is 46.6 Å². The fraction of sp³-hybridized carbons (Fsp3) is 0.375. The predicted molar refractivity (Wildman–Crippen MR) is 86.7 cm³/mol. The molecule has 0 aromatic carbocycles. The van der Waals surface area contributed by atoms with Gasteiger partial charge in [-0.05, 0) is 30.5 Å². The van der Waals surface area contributed by atoms with Gasteiger partial charge in [0.25, 0.3) is 0 Å².